The second-order valence-corrected chi connectivity index (χ2v) is 8.38. The van der Waals surface area contributed by atoms with Crippen molar-refractivity contribution in [2.24, 2.45) is 5.16 Å². The molecule has 2 aromatic heterocycles. The highest BCUT2D eigenvalue weighted by Gasteiger charge is 2.36. The van der Waals surface area contributed by atoms with Crippen LogP contribution in [0.5, 0.6) is 0 Å². The fourth-order valence-electron chi connectivity index (χ4n) is 4.22. The van der Waals surface area contributed by atoms with E-state index in [4.69, 9.17) is 9.82 Å². The van der Waals surface area contributed by atoms with Crippen LogP contribution in [0.4, 0.5) is 5.69 Å². The molecule has 166 valence electrons. The van der Waals surface area contributed by atoms with Crippen molar-refractivity contribution < 1.29 is 4.84 Å². The minimum Gasteiger partial charge on any atom is -0.363 e. The molecule has 7 heteroatoms. The van der Waals surface area contributed by atoms with Gasteiger partial charge in [-0.25, -0.2) is 14.6 Å². The molecule has 1 unspecified atom stereocenters. The monoisotopic (exact) mass is 446 g/mol. The molecule has 0 saturated heterocycles. The first-order chi connectivity index (χ1) is 16.7. The molecule has 0 spiro atoms. The number of fused-ring (bicyclic) bond motifs is 1. The molecule has 3 heterocycles. The molecular formula is C27H22N6O. The summed E-state index contributed by atoms with van der Waals surface area (Å²) in [6.45, 7) is 4.15. The highest BCUT2D eigenvalue weighted by Crippen LogP contribution is 2.38. The van der Waals surface area contributed by atoms with E-state index >= 15 is 0 Å². The Kier molecular flexibility index (Phi) is 4.80. The van der Waals surface area contributed by atoms with Gasteiger partial charge in [-0.2, -0.15) is 5.10 Å². The van der Waals surface area contributed by atoms with Gasteiger partial charge >= 0.3 is 0 Å². The third-order valence-electron chi connectivity index (χ3n) is 5.93. The van der Waals surface area contributed by atoms with Crippen LogP contribution in [0.2, 0.25) is 0 Å². The predicted octanol–water partition coefficient (Wildman–Crippen LogP) is 5.33. The maximum atomic E-state index is 6.13. The number of rotatable bonds is 4. The van der Waals surface area contributed by atoms with Crippen molar-refractivity contribution in [1.82, 2.24) is 19.7 Å². The van der Waals surface area contributed by atoms with Crippen LogP contribution in [0.25, 0.3) is 16.7 Å². The molecular weight excluding hydrogens is 424 g/mol. The molecule has 0 N–H and O–H groups in total. The Bertz CT molecular complexity index is 1490. The summed E-state index contributed by atoms with van der Waals surface area (Å²) in [6.07, 6.45) is 2.62. The van der Waals surface area contributed by atoms with Crippen LogP contribution >= 0.6 is 0 Å². The van der Waals surface area contributed by atoms with E-state index in [2.05, 4.69) is 76.5 Å². The largest absolute Gasteiger partial charge is 0.363 e. The highest BCUT2D eigenvalue weighted by atomic mass is 16.7. The maximum absolute atomic E-state index is 6.13. The molecule has 1 aliphatic heterocycles. The van der Waals surface area contributed by atoms with Crippen LogP contribution in [-0.4, -0.2) is 25.6 Å². The first kappa shape index (κ1) is 20.1. The molecule has 5 aromatic rings. The molecule has 1 aliphatic rings. The number of hydrogen-bond donors (Lipinski definition) is 0. The van der Waals surface area contributed by atoms with Crippen LogP contribution in [0, 0.1) is 13.8 Å². The summed E-state index contributed by atoms with van der Waals surface area (Å²) >= 11 is 0. The van der Waals surface area contributed by atoms with E-state index in [0.29, 0.717) is 5.82 Å². The van der Waals surface area contributed by atoms with E-state index in [9.17, 15) is 0 Å². The summed E-state index contributed by atoms with van der Waals surface area (Å²) in [4.78, 5) is 17.3. The van der Waals surface area contributed by atoms with Crippen molar-refractivity contribution in [3.8, 4) is 5.82 Å². The molecule has 0 aliphatic carbocycles. The SMILES string of the molecule is Cc1ccc(N2C(c3ccccc3)=NOC2c2cc3cc(C)ccc3nc2-n2cncn2)cc1. The van der Waals surface area contributed by atoms with Gasteiger partial charge in [-0.05, 0) is 44.2 Å². The van der Waals surface area contributed by atoms with E-state index in [0.717, 1.165) is 39.1 Å². The predicted molar refractivity (Wildman–Crippen MR) is 132 cm³/mol. The number of benzene rings is 3. The molecule has 0 amide bonds. The lowest BCUT2D eigenvalue weighted by Gasteiger charge is -2.27. The Morgan fingerprint density at radius 3 is 2.41 bits per heavy atom. The Balaban J connectivity index is 1.56. The molecule has 0 radical (unpaired) electrons. The topological polar surface area (TPSA) is 68.4 Å². The minimum absolute atomic E-state index is 0.533. The zero-order chi connectivity index (χ0) is 23.1. The smallest absolute Gasteiger partial charge is 0.235 e. The van der Waals surface area contributed by atoms with Crippen molar-refractivity contribution in [2.45, 2.75) is 20.1 Å². The van der Waals surface area contributed by atoms with E-state index in [1.54, 1.807) is 11.0 Å². The highest BCUT2D eigenvalue weighted by molar-refractivity contribution is 6.10. The van der Waals surface area contributed by atoms with Gasteiger partial charge in [0.15, 0.2) is 11.7 Å². The molecule has 0 saturated carbocycles. The van der Waals surface area contributed by atoms with Gasteiger partial charge < -0.3 is 4.84 Å². The first-order valence-corrected chi connectivity index (χ1v) is 11.1. The molecule has 0 fully saturated rings. The number of hydrogen-bond acceptors (Lipinski definition) is 6. The van der Waals surface area contributed by atoms with Crippen molar-refractivity contribution in [1.29, 1.82) is 0 Å². The number of amidine groups is 1. The first-order valence-electron chi connectivity index (χ1n) is 11.1. The number of aryl methyl sites for hydroxylation is 2. The third-order valence-corrected chi connectivity index (χ3v) is 5.93. The lowest BCUT2D eigenvalue weighted by atomic mass is 10.1. The van der Waals surface area contributed by atoms with Gasteiger partial charge in [0.1, 0.15) is 12.7 Å². The molecule has 3 aromatic carbocycles. The van der Waals surface area contributed by atoms with E-state index in [-0.39, 0.29) is 0 Å². The molecule has 0 bridgehead atoms. The summed E-state index contributed by atoms with van der Waals surface area (Å²) in [5.41, 5.74) is 6.02. The summed E-state index contributed by atoms with van der Waals surface area (Å²) in [5.74, 6) is 1.39. The van der Waals surface area contributed by atoms with Crippen molar-refractivity contribution in [3.05, 3.63) is 114 Å². The number of anilines is 1. The second-order valence-electron chi connectivity index (χ2n) is 8.38. The average molecular weight is 447 g/mol. The van der Waals surface area contributed by atoms with Crippen molar-refractivity contribution >= 4 is 22.4 Å². The van der Waals surface area contributed by atoms with Gasteiger partial charge in [0, 0.05) is 16.6 Å². The lowest BCUT2D eigenvalue weighted by Crippen LogP contribution is -2.32. The van der Waals surface area contributed by atoms with E-state index in [1.165, 1.54) is 11.9 Å². The fraction of sp³-hybridized carbons (Fsp3) is 0.111. The summed E-state index contributed by atoms with van der Waals surface area (Å²) in [6, 6.07) is 26.7. The van der Waals surface area contributed by atoms with Gasteiger partial charge in [0.25, 0.3) is 0 Å². The fourth-order valence-corrected chi connectivity index (χ4v) is 4.22. The quantitative estimate of drug-likeness (QED) is 0.373. The average Bonchev–Trinajstić information content (AvgIpc) is 3.55. The van der Waals surface area contributed by atoms with Crippen molar-refractivity contribution in [3.63, 3.8) is 0 Å². The zero-order valence-corrected chi connectivity index (χ0v) is 18.8. The third kappa shape index (κ3) is 3.47. The molecule has 6 rings (SSSR count). The van der Waals surface area contributed by atoms with Gasteiger partial charge in [-0.3, -0.25) is 4.90 Å². The summed E-state index contributed by atoms with van der Waals surface area (Å²) in [7, 11) is 0. The zero-order valence-electron chi connectivity index (χ0n) is 18.8. The minimum atomic E-state index is -0.533. The number of nitrogens with zero attached hydrogens (tertiary/aromatic N) is 6. The Morgan fingerprint density at radius 2 is 1.65 bits per heavy atom. The summed E-state index contributed by atoms with van der Waals surface area (Å²) < 4.78 is 1.67. The Labute approximate surface area is 197 Å². The normalized spacial score (nSPS) is 15.4. The van der Waals surface area contributed by atoms with Crippen LogP contribution in [0.15, 0.2) is 96.7 Å². The van der Waals surface area contributed by atoms with E-state index < -0.39 is 6.23 Å². The van der Waals surface area contributed by atoms with Crippen LogP contribution < -0.4 is 4.90 Å². The lowest BCUT2D eigenvalue weighted by molar-refractivity contribution is 0.0865. The molecule has 34 heavy (non-hydrogen) atoms. The number of pyridine rings is 1. The van der Waals surface area contributed by atoms with Gasteiger partial charge in [-0.1, -0.05) is 64.8 Å². The second kappa shape index (κ2) is 8.12. The van der Waals surface area contributed by atoms with Crippen LogP contribution in [-0.2, 0) is 4.84 Å². The summed E-state index contributed by atoms with van der Waals surface area (Å²) in [5, 5.41) is 9.92. The molecule has 7 nitrogen and oxygen atoms in total. The number of aromatic nitrogens is 4. The van der Waals surface area contributed by atoms with Crippen LogP contribution in [0.3, 0.4) is 0 Å². The molecule has 1 atom stereocenters. The van der Waals surface area contributed by atoms with E-state index in [1.807, 2.05) is 36.4 Å². The number of oxime groups is 1. The standard InChI is InChI=1S/C27H22N6O/c1-18-8-11-22(12-9-18)33-25(20-6-4-3-5-7-20)31-34-27(33)23-15-21-14-19(2)10-13-24(21)30-26(23)32-17-28-16-29-32/h3-17,27H,1-2H3. The van der Waals surface area contributed by atoms with Crippen LogP contribution in [0.1, 0.15) is 28.5 Å². The Morgan fingerprint density at radius 1 is 0.853 bits per heavy atom. The van der Waals surface area contributed by atoms with Gasteiger partial charge in [0.2, 0.25) is 6.23 Å². The van der Waals surface area contributed by atoms with Crippen molar-refractivity contribution in [2.75, 3.05) is 4.90 Å². The Hall–Kier alpha value is -4.52. The maximum Gasteiger partial charge on any atom is 0.235 e. The van der Waals surface area contributed by atoms with Gasteiger partial charge in [0.05, 0.1) is 11.1 Å². The van der Waals surface area contributed by atoms with Gasteiger partial charge in [-0.15, -0.1) is 0 Å².